The van der Waals surface area contributed by atoms with E-state index in [9.17, 15) is 9.18 Å². The lowest BCUT2D eigenvalue weighted by Crippen LogP contribution is -1.94. The summed E-state index contributed by atoms with van der Waals surface area (Å²) in [6, 6.07) is 5.43. The lowest BCUT2D eigenvalue weighted by atomic mass is 10.1. The molecule has 0 amide bonds. The standard InChI is InChI=1S/C13H13FO/c1-2-3-4-5-6-13(15)11-7-9-12(14)10-8-11/h7-10H,2-4H2,1H3. The lowest BCUT2D eigenvalue weighted by molar-refractivity contribution is 0.105. The molecule has 15 heavy (non-hydrogen) atoms. The second-order valence-electron chi connectivity index (χ2n) is 3.24. The Morgan fingerprint density at radius 1 is 1.33 bits per heavy atom. The Morgan fingerprint density at radius 2 is 2.00 bits per heavy atom. The van der Waals surface area contributed by atoms with Crippen molar-refractivity contribution in [2.75, 3.05) is 0 Å². The van der Waals surface area contributed by atoms with Gasteiger partial charge in [-0.05, 0) is 36.6 Å². The molecule has 1 aromatic rings. The molecule has 0 aliphatic rings. The Balaban J connectivity index is 2.60. The van der Waals surface area contributed by atoms with Crippen molar-refractivity contribution in [3.8, 4) is 11.8 Å². The van der Waals surface area contributed by atoms with Gasteiger partial charge in [-0.15, -0.1) is 0 Å². The number of rotatable bonds is 3. The van der Waals surface area contributed by atoms with E-state index in [1.165, 1.54) is 24.3 Å². The molecule has 2 heteroatoms. The predicted molar refractivity (Wildman–Crippen MR) is 58.0 cm³/mol. The zero-order valence-electron chi connectivity index (χ0n) is 8.72. The summed E-state index contributed by atoms with van der Waals surface area (Å²) in [5.74, 6) is 4.76. The molecular formula is C13H13FO. The van der Waals surface area contributed by atoms with Crippen molar-refractivity contribution in [1.82, 2.24) is 0 Å². The van der Waals surface area contributed by atoms with Crippen molar-refractivity contribution >= 4 is 5.78 Å². The molecule has 0 radical (unpaired) electrons. The Bertz CT molecular complexity index is 381. The van der Waals surface area contributed by atoms with Crippen LogP contribution in [-0.2, 0) is 0 Å². The first kappa shape index (κ1) is 11.5. The van der Waals surface area contributed by atoms with Crippen LogP contribution in [-0.4, -0.2) is 5.78 Å². The van der Waals surface area contributed by atoms with Gasteiger partial charge < -0.3 is 0 Å². The summed E-state index contributed by atoms with van der Waals surface area (Å²) in [6.45, 7) is 2.07. The molecule has 1 aromatic carbocycles. The molecule has 0 saturated carbocycles. The molecule has 0 unspecified atom stereocenters. The Kier molecular flexibility index (Phi) is 4.56. The highest BCUT2D eigenvalue weighted by atomic mass is 19.1. The smallest absolute Gasteiger partial charge is 0.235 e. The molecule has 1 rings (SSSR count). The van der Waals surface area contributed by atoms with E-state index in [2.05, 4.69) is 18.8 Å². The number of benzene rings is 1. The van der Waals surface area contributed by atoms with Crippen molar-refractivity contribution < 1.29 is 9.18 Å². The van der Waals surface area contributed by atoms with E-state index in [4.69, 9.17) is 0 Å². The number of carbonyl (C=O) groups is 1. The van der Waals surface area contributed by atoms with E-state index >= 15 is 0 Å². The van der Waals surface area contributed by atoms with Crippen LogP contribution in [0.5, 0.6) is 0 Å². The number of halogens is 1. The molecule has 0 spiro atoms. The molecule has 0 bridgehead atoms. The Labute approximate surface area is 89.3 Å². The summed E-state index contributed by atoms with van der Waals surface area (Å²) in [4.78, 5) is 11.4. The highest BCUT2D eigenvalue weighted by Gasteiger charge is 2.00. The van der Waals surface area contributed by atoms with Crippen molar-refractivity contribution in [3.05, 3.63) is 35.6 Å². The molecule has 0 N–H and O–H groups in total. The normalized spacial score (nSPS) is 9.20. The van der Waals surface area contributed by atoms with Crippen LogP contribution in [0.2, 0.25) is 0 Å². The Morgan fingerprint density at radius 3 is 2.60 bits per heavy atom. The van der Waals surface area contributed by atoms with Crippen LogP contribution in [0, 0.1) is 17.7 Å². The number of ketones is 1. The zero-order chi connectivity index (χ0) is 11.1. The van der Waals surface area contributed by atoms with Gasteiger partial charge >= 0.3 is 0 Å². The fraction of sp³-hybridized carbons (Fsp3) is 0.308. The van der Waals surface area contributed by atoms with Crippen molar-refractivity contribution in [1.29, 1.82) is 0 Å². The molecule has 0 aliphatic carbocycles. The Hall–Kier alpha value is -1.62. The first-order chi connectivity index (χ1) is 7.24. The average molecular weight is 204 g/mol. The number of hydrogen-bond acceptors (Lipinski definition) is 1. The molecular weight excluding hydrogens is 191 g/mol. The van der Waals surface area contributed by atoms with Gasteiger partial charge in [0.25, 0.3) is 0 Å². The highest BCUT2D eigenvalue weighted by Crippen LogP contribution is 2.03. The molecule has 0 atom stereocenters. The third-order valence-corrected chi connectivity index (χ3v) is 1.96. The van der Waals surface area contributed by atoms with E-state index in [0.29, 0.717) is 5.56 Å². The van der Waals surface area contributed by atoms with Crippen molar-refractivity contribution in [2.24, 2.45) is 0 Å². The van der Waals surface area contributed by atoms with E-state index in [-0.39, 0.29) is 11.6 Å². The summed E-state index contributed by atoms with van der Waals surface area (Å²) >= 11 is 0. The minimum absolute atomic E-state index is 0.244. The van der Waals surface area contributed by atoms with Crippen LogP contribution < -0.4 is 0 Å². The van der Waals surface area contributed by atoms with E-state index < -0.39 is 0 Å². The fourth-order valence-electron chi connectivity index (χ4n) is 1.08. The van der Waals surface area contributed by atoms with Crippen LogP contribution >= 0.6 is 0 Å². The van der Waals surface area contributed by atoms with Gasteiger partial charge in [-0.1, -0.05) is 19.3 Å². The maximum atomic E-state index is 12.6. The summed E-state index contributed by atoms with van der Waals surface area (Å²) in [6.07, 6.45) is 2.81. The van der Waals surface area contributed by atoms with Gasteiger partial charge in [-0.2, -0.15) is 0 Å². The largest absolute Gasteiger partial charge is 0.279 e. The molecule has 78 valence electrons. The second-order valence-corrected chi connectivity index (χ2v) is 3.24. The van der Waals surface area contributed by atoms with Gasteiger partial charge in [0.2, 0.25) is 5.78 Å². The molecule has 0 heterocycles. The molecule has 0 saturated heterocycles. The molecule has 0 aliphatic heterocycles. The number of Topliss-reactive ketones (excluding diaryl/α,β-unsaturated/α-hetero) is 1. The number of carbonyl (C=O) groups excluding carboxylic acids is 1. The van der Waals surface area contributed by atoms with Gasteiger partial charge in [0.1, 0.15) is 5.82 Å². The SMILES string of the molecule is CCCCC#CC(=O)c1ccc(F)cc1. The molecule has 0 aromatic heterocycles. The van der Waals surface area contributed by atoms with Crippen molar-refractivity contribution in [3.63, 3.8) is 0 Å². The first-order valence-corrected chi connectivity index (χ1v) is 5.03. The lowest BCUT2D eigenvalue weighted by Gasteiger charge is -1.92. The van der Waals surface area contributed by atoms with E-state index in [0.717, 1.165) is 19.3 Å². The second kappa shape index (κ2) is 5.98. The maximum Gasteiger partial charge on any atom is 0.235 e. The van der Waals surface area contributed by atoms with Crippen LogP contribution in [0.3, 0.4) is 0 Å². The summed E-state index contributed by atoms with van der Waals surface area (Å²) in [5.41, 5.74) is 0.445. The van der Waals surface area contributed by atoms with Gasteiger partial charge in [0.05, 0.1) is 0 Å². The van der Waals surface area contributed by atoms with Crippen LogP contribution in [0.15, 0.2) is 24.3 Å². The molecule has 1 nitrogen and oxygen atoms in total. The summed E-state index contributed by atoms with van der Waals surface area (Å²) in [5, 5.41) is 0. The van der Waals surface area contributed by atoms with Gasteiger partial charge in [0.15, 0.2) is 0 Å². The third kappa shape index (κ3) is 3.95. The summed E-state index contributed by atoms with van der Waals surface area (Å²) in [7, 11) is 0. The minimum atomic E-state index is -0.342. The third-order valence-electron chi connectivity index (χ3n) is 1.96. The highest BCUT2D eigenvalue weighted by molar-refractivity contribution is 6.08. The van der Waals surface area contributed by atoms with E-state index in [1.807, 2.05) is 0 Å². The van der Waals surface area contributed by atoms with Crippen LogP contribution in [0.1, 0.15) is 36.5 Å². The van der Waals surface area contributed by atoms with Gasteiger partial charge in [-0.3, -0.25) is 4.79 Å². The fourth-order valence-corrected chi connectivity index (χ4v) is 1.08. The molecule has 0 fully saturated rings. The monoisotopic (exact) mass is 204 g/mol. The number of unbranched alkanes of at least 4 members (excludes halogenated alkanes) is 2. The van der Waals surface area contributed by atoms with Crippen LogP contribution in [0.4, 0.5) is 4.39 Å². The first-order valence-electron chi connectivity index (χ1n) is 5.03. The zero-order valence-corrected chi connectivity index (χ0v) is 8.72. The van der Waals surface area contributed by atoms with Gasteiger partial charge in [0, 0.05) is 12.0 Å². The maximum absolute atomic E-state index is 12.6. The summed E-state index contributed by atoms with van der Waals surface area (Å²) < 4.78 is 12.6. The van der Waals surface area contributed by atoms with Crippen LogP contribution in [0.25, 0.3) is 0 Å². The predicted octanol–water partition coefficient (Wildman–Crippen LogP) is 3.20. The van der Waals surface area contributed by atoms with Crippen molar-refractivity contribution in [2.45, 2.75) is 26.2 Å². The number of hydrogen-bond donors (Lipinski definition) is 0. The topological polar surface area (TPSA) is 17.1 Å². The minimum Gasteiger partial charge on any atom is -0.279 e. The van der Waals surface area contributed by atoms with Gasteiger partial charge in [-0.25, -0.2) is 4.39 Å². The van der Waals surface area contributed by atoms with E-state index in [1.54, 1.807) is 0 Å². The average Bonchev–Trinajstić information content (AvgIpc) is 2.25. The quantitative estimate of drug-likeness (QED) is 0.320.